The van der Waals surface area contributed by atoms with Crippen molar-refractivity contribution < 1.29 is 18.0 Å². The van der Waals surface area contributed by atoms with E-state index in [0.29, 0.717) is 5.56 Å². The topological polar surface area (TPSA) is 59.8 Å². The molecule has 0 atom stereocenters. The number of benzene rings is 1. The van der Waals surface area contributed by atoms with Crippen LogP contribution >= 0.6 is 0 Å². The Morgan fingerprint density at radius 1 is 1.28 bits per heavy atom. The van der Waals surface area contributed by atoms with Crippen LogP contribution in [-0.2, 0) is 17.5 Å². The average Bonchev–Trinajstić information content (AvgIpc) is 3.21. The van der Waals surface area contributed by atoms with E-state index in [1.54, 1.807) is 0 Å². The third-order valence-corrected chi connectivity index (χ3v) is 4.45. The predicted octanol–water partition coefficient (Wildman–Crippen LogP) is 3.86. The van der Waals surface area contributed by atoms with Gasteiger partial charge in [-0.2, -0.15) is 13.2 Å². The van der Waals surface area contributed by atoms with Gasteiger partial charge in [-0.1, -0.05) is 25.5 Å². The van der Waals surface area contributed by atoms with Crippen LogP contribution < -0.4 is 5.32 Å². The fourth-order valence-corrected chi connectivity index (χ4v) is 2.87. The number of carbonyl (C=O) groups excluding carboxylic acids is 1. The number of rotatable bonds is 6. The van der Waals surface area contributed by atoms with Crippen molar-refractivity contribution in [2.24, 2.45) is 5.41 Å². The predicted molar refractivity (Wildman–Crippen MR) is 85.8 cm³/mol. The number of anilines is 1. The number of nitrogens with one attached hydrogen (secondary N) is 1. The van der Waals surface area contributed by atoms with Crippen LogP contribution in [0.25, 0.3) is 0 Å². The first-order chi connectivity index (χ1) is 11.8. The van der Waals surface area contributed by atoms with Crippen molar-refractivity contribution in [2.75, 3.05) is 5.32 Å². The molecule has 134 valence electrons. The first-order valence-electron chi connectivity index (χ1n) is 8.19. The summed E-state index contributed by atoms with van der Waals surface area (Å²) in [5.41, 5.74) is -0.290. The minimum atomic E-state index is -4.35. The van der Waals surface area contributed by atoms with E-state index >= 15 is 0 Å². The quantitative estimate of drug-likeness (QED) is 0.859. The molecule has 2 aromatic rings. The zero-order valence-corrected chi connectivity index (χ0v) is 13.8. The Hall–Kier alpha value is -2.38. The van der Waals surface area contributed by atoms with Crippen LogP contribution in [0.2, 0.25) is 0 Å². The summed E-state index contributed by atoms with van der Waals surface area (Å²) >= 11 is 0. The maximum Gasteiger partial charge on any atom is 0.416 e. The molecule has 1 heterocycles. The summed E-state index contributed by atoms with van der Waals surface area (Å²) in [7, 11) is 0. The maximum absolute atomic E-state index is 12.6. The molecule has 1 N–H and O–H groups in total. The Morgan fingerprint density at radius 2 is 1.96 bits per heavy atom. The highest BCUT2D eigenvalue weighted by Gasteiger charge is 2.48. The lowest BCUT2D eigenvalue weighted by Crippen LogP contribution is -2.24. The van der Waals surface area contributed by atoms with Crippen molar-refractivity contribution in [2.45, 2.75) is 45.3 Å². The molecule has 0 unspecified atom stereocenters. The van der Waals surface area contributed by atoms with E-state index in [2.05, 4.69) is 15.4 Å². The molecule has 1 aromatic heterocycles. The summed E-state index contributed by atoms with van der Waals surface area (Å²) in [6.07, 6.45) is 0.680. The SMILES string of the molecule is CCCC1(C(=O)Nc2ncn(Cc3ccc(C(F)(F)F)cc3)n2)CC1. The minimum Gasteiger partial charge on any atom is -0.293 e. The number of aromatic nitrogens is 3. The molecule has 0 radical (unpaired) electrons. The van der Waals surface area contributed by atoms with Crippen LogP contribution in [0.3, 0.4) is 0 Å². The van der Waals surface area contributed by atoms with Crippen molar-refractivity contribution in [3.05, 3.63) is 41.7 Å². The largest absolute Gasteiger partial charge is 0.416 e. The lowest BCUT2D eigenvalue weighted by molar-refractivity contribution is -0.137. The lowest BCUT2D eigenvalue weighted by atomic mass is 10.00. The van der Waals surface area contributed by atoms with Gasteiger partial charge in [0.05, 0.1) is 12.1 Å². The third-order valence-electron chi connectivity index (χ3n) is 4.45. The van der Waals surface area contributed by atoms with Crippen LogP contribution in [0.5, 0.6) is 0 Å². The smallest absolute Gasteiger partial charge is 0.293 e. The van der Waals surface area contributed by atoms with E-state index in [1.807, 2.05) is 6.92 Å². The van der Waals surface area contributed by atoms with Crippen LogP contribution in [0.15, 0.2) is 30.6 Å². The zero-order valence-electron chi connectivity index (χ0n) is 13.8. The number of carbonyl (C=O) groups is 1. The van der Waals surface area contributed by atoms with Crippen molar-refractivity contribution in [3.8, 4) is 0 Å². The van der Waals surface area contributed by atoms with E-state index in [9.17, 15) is 18.0 Å². The lowest BCUT2D eigenvalue weighted by Gasteiger charge is -2.11. The van der Waals surface area contributed by atoms with Crippen LogP contribution in [0, 0.1) is 5.41 Å². The summed E-state index contributed by atoms with van der Waals surface area (Å²) in [6, 6.07) is 4.89. The second-order valence-electron chi connectivity index (χ2n) is 6.44. The second-order valence-corrected chi connectivity index (χ2v) is 6.44. The Morgan fingerprint density at radius 3 is 2.52 bits per heavy atom. The summed E-state index contributed by atoms with van der Waals surface area (Å²) in [5.74, 6) is 0.168. The van der Waals surface area contributed by atoms with E-state index in [1.165, 1.54) is 23.1 Å². The number of nitrogens with zero attached hydrogens (tertiary/aromatic N) is 3. The van der Waals surface area contributed by atoms with Crippen molar-refractivity contribution >= 4 is 11.9 Å². The molecule has 0 bridgehead atoms. The highest BCUT2D eigenvalue weighted by molar-refractivity contribution is 5.95. The standard InChI is InChI=1S/C17H19F3N4O/c1-2-7-16(8-9-16)14(25)22-15-21-11-24(23-15)10-12-3-5-13(6-4-12)17(18,19)20/h3-6,11H,2,7-10H2,1H3,(H,22,23,25). The molecule has 0 aliphatic heterocycles. The van der Waals surface area contributed by atoms with Crippen LogP contribution in [0.1, 0.15) is 43.7 Å². The fourth-order valence-electron chi connectivity index (χ4n) is 2.87. The van der Waals surface area contributed by atoms with Gasteiger partial charge < -0.3 is 0 Å². The van der Waals surface area contributed by atoms with Gasteiger partial charge in [0.2, 0.25) is 11.9 Å². The molecule has 0 spiro atoms. The number of hydrogen-bond acceptors (Lipinski definition) is 3. The van der Waals surface area contributed by atoms with E-state index in [-0.39, 0.29) is 23.8 Å². The van der Waals surface area contributed by atoms with Gasteiger partial charge in [0.15, 0.2) is 0 Å². The Kier molecular flexibility index (Phi) is 4.53. The van der Waals surface area contributed by atoms with Gasteiger partial charge in [-0.15, -0.1) is 5.10 Å². The molecular weight excluding hydrogens is 333 g/mol. The zero-order chi connectivity index (χ0) is 18.1. The monoisotopic (exact) mass is 352 g/mol. The summed E-state index contributed by atoms with van der Waals surface area (Å²) in [4.78, 5) is 16.3. The first kappa shape index (κ1) is 17.4. The van der Waals surface area contributed by atoms with Gasteiger partial charge in [0.1, 0.15) is 6.33 Å². The third kappa shape index (κ3) is 4.00. The van der Waals surface area contributed by atoms with Gasteiger partial charge in [-0.05, 0) is 37.0 Å². The summed E-state index contributed by atoms with van der Waals surface area (Å²) < 4.78 is 39.2. The molecule has 1 saturated carbocycles. The Bertz CT molecular complexity index is 748. The molecule has 0 saturated heterocycles. The average molecular weight is 352 g/mol. The van der Waals surface area contributed by atoms with Gasteiger partial charge in [0, 0.05) is 5.41 Å². The van der Waals surface area contributed by atoms with Gasteiger partial charge in [-0.3, -0.25) is 10.1 Å². The molecule has 1 aromatic carbocycles. The van der Waals surface area contributed by atoms with Gasteiger partial charge in [-0.25, -0.2) is 9.67 Å². The highest BCUT2D eigenvalue weighted by Crippen LogP contribution is 2.50. The number of amides is 1. The molecular formula is C17H19F3N4O. The maximum atomic E-state index is 12.6. The molecule has 25 heavy (non-hydrogen) atoms. The van der Waals surface area contributed by atoms with Crippen LogP contribution in [-0.4, -0.2) is 20.7 Å². The second kappa shape index (κ2) is 6.50. The molecule has 1 aliphatic carbocycles. The first-order valence-corrected chi connectivity index (χ1v) is 8.19. The molecule has 1 amide bonds. The Labute approximate surface area is 143 Å². The van der Waals surface area contributed by atoms with E-state index in [0.717, 1.165) is 37.8 Å². The van der Waals surface area contributed by atoms with Crippen molar-refractivity contribution in [1.82, 2.24) is 14.8 Å². The highest BCUT2D eigenvalue weighted by atomic mass is 19.4. The molecule has 1 aliphatic rings. The summed E-state index contributed by atoms with van der Waals surface area (Å²) in [5, 5.41) is 6.90. The normalized spacial score (nSPS) is 15.8. The summed E-state index contributed by atoms with van der Waals surface area (Å²) in [6.45, 7) is 2.32. The van der Waals surface area contributed by atoms with Crippen molar-refractivity contribution in [1.29, 1.82) is 0 Å². The van der Waals surface area contributed by atoms with E-state index in [4.69, 9.17) is 0 Å². The minimum absolute atomic E-state index is 0.0540. The molecule has 5 nitrogen and oxygen atoms in total. The number of alkyl halides is 3. The molecule has 8 heteroatoms. The van der Waals surface area contributed by atoms with E-state index < -0.39 is 11.7 Å². The van der Waals surface area contributed by atoms with Crippen LogP contribution in [0.4, 0.5) is 19.1 Å². The van der Waals surface area contributed by atoms with Gasteiger partial charge >= 0.3 is 6.18 Å². The number of halogens is 3. The van der Waals surface area contributed by atoms with Gasteiger partial charge in [0.25, 0.3) is 0 Å². The Balaban J connectivity index is 1.61. The van der Waals surface area contributed by atoms with Crippen molar-refractivity contribution in [3.63, 3.8) is 0 Å². The number of hydrogen-bond donors (Lipinski definition) is 1. The molecule has 1 fully saturated rings. The fraction of sp³-hybridized carbons (Fsp3) is 0.471. The molecule has 3 rings (SSSR count).